The Morgan fingerprint density at radius 2 is 0.967 bits per heavy atom. The van der Waals surface area contributed by atoms with E-state index in [4.69, 9.17) is 18.9 Å². The van der Waals surface area contributed by atoms with Crippen LogP contribution in [0.5, 0.6) is 11.5 Å². The van der Waals surface area contributed by atoms with Crippen LogP contribution in [-0.2, 0) is 60.8 Å². The molecule has 1 aliphatic heterocycles. The molecule has 0 unspecified atom stereocenters. The number of rotatable bonds is 16. The number of carbonyl (C=O) groups is 5. The summed E-state index contributed by atoms with van der Waals surface area (Å²) in [4.78, 5) is 66.5. The van der Waals surface area contributed by atoms with Crippen molar-refractivity contribution >= 4 is 53.2 Å². The molecule has 324 valence electrons. The van der Waals surface area contributed by atoms with Gasteiger partial charge >= 0.3 is 23.9 Å². The highest BCUT2D eigenvalue weighted by Gasteiger charge is 2.38. The maximum Gasteiger partial charge on any atom is 0.314 e. The van der Waals surface area contributed by atoms with Gasteiger partial charge in [0.05, 0.1) is 17.4 Å². The lowest BCUT2D eigenvalue weighted by Gasteiger charge is -2.27. The van der Waals surface area contributed by atoms with E-state index in [2.05, 4.69) is 62.4 Å². The molecular weight excluding hydrogens is 809 g/mol. The summed E-state index contributed by atoms with van der Waals surface area (Å²) in [5, 5.41) is 0. The second kappa shape index (κ2) is 21.6. The Kier molecular flexibility index (Phi) is 15.9. The highest BCUT2D eigenvalue weighted by molar-refractivity contribution is 8.25. The lowest BCUT2D eigenvalue weighted by molar-refractivity contribution is -0.153. The van der Waals surface area contributed by atoms with Gasteiger partial charge in [-0.3, -0.25) is 24.0 Å². The first-order chi connectivity index (χ1) is 29.7. The highest BCUT2D eigenvalue weighted by Crippen LogP contribution is 2.47. The number of carbonyl (C=O) groups excluding carboxylic acids is 5. The fourth-order valence-electron chi connectivity index (χ4n) is 8.79. The van der Waals surface area contributed by atoms with E-state index in [0.717, 1.165) is 52.6 Å². The molecule has 61 heavy (non-hydrogen) atoms. The van der Waals surface area contributed by atoms with Crippen molar-refractivity contribution in [1.82, 2.24) is 0 Å². The molecule has 2 saturated carbocycles. The van der Waals surface area contributed by atoms with Crippen molar-refractivity contribution in [3.63, 3.8) is 0 Å². The third-order valence-electron chi connectivity index (χ3n) is 12.3. The molecule has 0 N–H and O–H groups in total. The van der Waals surface area contributed by atoms with Crippen molar-refractivity contribution in [2.45, 2.75) is 135 Å². The normalized spacial score (nSPS) is 21.2. The van der Waals surface area contributed by atoms with Crippen LogP contribution in [0.3, 0.4) is 0 Å². The molecule has 3 aliphatic carbocycles. The minimum Gasteiger partial charge on any atom is -0.462 e. The van der Waals surface area contributed by atoms with Gasteiger partial charge in [-0.25, -0.2) is 0 Å². The summed E-state index contributed by atoms with van der Waals surface area (Å²) in [6, 6.07) is 20.0. The number of allylic oxidation sites excluding steroid dienone is 1. The fraction of sp³-hybridized carbons (Fsp3) is 0.500. The molecule has 0 radical (unpaired) electrons. The summed E-state index contributed by atoms with van der Waals surface area (Å²) in [7, 11) is 0. The Bertz CT molecular complexity index is 2070. The summed E-state index contributed by atoms with van der Waals surface area (Å²) in [5.41, 5.74) is 6.31. The predicted molar refractivity (Wildman–Crippen MR) is 239 cm³/mol. The van der Waals surface area contributed by atoms with Crippen LogP contribution in [0.1, 0.15) is 129 Å². The molecule has 9 nitrogen and oxygen atoms in total. The molecule has 0 amide bonds. The van der Waals surface area contributed by atoms with E-state index in [1.165, 1.54) is 11.1 Å². The van der Waals surface area contributed by atoms with Crippen LogP contribution in [0.4, 0.5) is 0 Å². The second-order valence-corrected chi connectivity index (χ2v) is 19.3. The Labute approximate surface area is 368 Å². The Balaban J connectivity index is 0.905. The summed E-state index contributed by atoms with van der Waals surface area (Å²) < 4.78 is 24.6. The lowest BCUT2D eigenvalue weighted by Crippen LogP contribution is -2.30. The third kappa shape index (κ3) is 12.0. The Morgan fingerprint density at radius 3 is 1.41 bits per heavy atom. The number of ether oxygens (including phenoxy) is 4. The lowest BCUT2D eigenvalue weighted by atomic mass is 9.87. The van der Waals surface area contributed by atoms with E-state index in [9.17, 15) is 24.0 Å². The third-order valence-corrected chi connectivity index (χ3v) is 15.1. The molecule has 3 fully saturated rings. The molecule has 0 atom stereocenters. The van der Waals surface area contributed by atoms with Crippen molar-refractivity contribution in [1.29, 1.82) is 0 Å². The van der Waals surface area contributed by atoms with Gasteiger partial charge in [0.25, 0.3) is 0 Å². The molecule has 1 heterocycles. The van der Waals surface area contributed by atoms with Crippen molar-refractivity contribution in [2.75, 3.05) is 11.5 Å². The average molecular weight is 867 g/mol. The van der Waals surface area contributed by atoms with Gasteiger partial charge in [0, 0.05) is 46.1 Å². The minimum atomic E-state index is -0.416. The Hall–Kier alpha value is -4.35. The molecule has 4 aliphatic rings. The topological polar surface area (TPSA) is 122 Å². The summed E-state index contributed by atoms with van der Waals surface area (Å²) in [6.45, 7) is 4.31. The van der Waals surface area contributed by atoms with E-state index >= 15 is 0 Å². The number of hydrogen-bond acceptors (Lipinski definition) is 11. The highest BCUT2D eigenvalue weighted by atomic mass is 32.2. The number of ketones is 1. The molecule has 3 aromatic carbocycles. The van der Waals surface area contributed by atoms with Gasteiger partial charge in [-0.2, -0.15) is 0 Å². The maximum atomic E-state index is 14.0. The zero-order chi connectivity index (χ0) is 42.7. The van der Waals surface area contributed by atoms with Gasteiger partial charge in [0.2, 0.25) is 0 Å². The van der Waals surface area contributed by atoms with Crippen LogP contribution in [0.15, 0.2) is 70.5 Å². The first kappa shape index (κ1) is 44.7. The van der Waals surface area contributed by atoms with Gasteiger partial charge in [-0.1, -0.05) is 75.2 Å². The largest absolute Gasteiger partial charge is 0.462 e. The number of fused-ring (bicyclic) bond motifs is 1. The zero-order valence-electron chi connectivity index (χ0n) is 35.5. The zero-order valence-corrected chi connectivity index (χ0v) is 37.1. The molecule has 0 bridgehead atoms. The van der Waals surface area contributed by atoms with Crippen LogP contribution in [0.25, 0.3) is 0 Å². The maximum absolute atomic E-state index is 14.0. The van der Waals surface area contributed by atoms with Crippen LogP contribution >= 0.6 is 23.5 Å². The number of esters is 4. The van der Waals surface area contributed by atoms with E-state index in [1.54, 1.807) is 35.7 Å². The predicted octanol–water partition coefficient (Wildman–Crippen LogP) is 10.3. The van der Waals surface area contributed by atoms with E-state index in [-0.39, 0.29) is 53.1 Å². The van der Waals surface area contributed by atoms with Gasteiger partial charge in [-0.15, -0.1) is 23.5 Å². The van der Waals surface area contributed by atoms with E-state index in [1.807, 2.05) is 0 Å². The van der Waals surface area contributed by atoms with Crippen molar-refractivity contribution in [3.05, 3.63) is 104 Å². The molecular formula is C50H58O9S2. The van der Waals surface area contributed by atoms with Crippen molar-refractivity contribution < 1.29 is 42.9 Å². The number of hydrogen-bond donors (Lipinski definition) is 0. The summed E-state index contributed by atoms with van der Waals surface area (Å²) in [6.07, 6.45) is 10.3. The number of aryl methyl sites for hydroxylation is 4. The first-order valence-electron chi connectivity index (χ1n) is 22.3. The summed E-state index contributed by atoms with van der Waals surface area (Å²) >= 11 is 3.30. The SMILES string of the molecule is CCCc1ccc(CCC(=O)OC2CCC(C(=O)Oc3ccc(OC(=O)C4CCC(OC(=O)CCc5ccc(CCC)cc5)CC4)c4c3CC(=C3SCCS3)C4=O)CC2)cc1. The number of benzene rings is 3. The fourth-order valence-corrected chi connectivity index (χ4v) is 11.3. The molecule has 1 saturated heterocycles. The van der Waals surface area contributed by atoms with Gasteiger partial charge in [-0.05, 0) is 111 Å². The second-order valence-electron chi connectivity index (χ2n) is 16.8. The first-order valence-corrected chi connectivity index (χ1v) is 24.3. The Morgan fingerprint density at radius 1 is 0.557 bits per heavy atom. The smallest absolute Gasteiger partial charge is 0.314 e. The monoisotopic (exact) mass is 866 g/mol. The molecule has 3 aromatic rings. The number of Topliss-reactive ketones (excluding diaryl/α,β-unsaturated/α-hetero) is 1. The van der Waals surface area contributed by atoms with Crippen molar-refractivity contribution in [2.24, 2.45) is 11.8 Å². The van der Waals surface area contributed by atoms with Crippen LogP contribution in [-0.4, -0.2) is 53.4 Å². The van der Waals surface area contributed by atoms with E-state index < -0.39 is 11.9 Å². The quantitative estimate of drug-likeness (QED) is 0.0777. The molecule has 7 rings (SSSR count). The molecule has 0 spiro atoms. The number of thioether (sulfide) groups is 2. The van der Waals surface area contributed by atoms with Crippen LogP contribution < -0.4 is 9.47 Å². The average Bonchev–Trinajstić information content (AvgIpc) is 3.93. The van der Waals surface area contributed by atoms with Gasteiger partial charge in [0.1, 0.15) is 23.7 Å². The van der Waals surface area contributed by atoms with Gasteiger partial charge in [0.15, 0.2) is 5.78 Å². The standard InChI is InChI=1S/C50H58O9S2/c1-3-5-32-7-11-34(12-8-32)15-27-44(51)56-38-21-17-36(18-22-38)48(54)58-42-25-26-43(46-40(42)31-41(47(46)53)50-60-29-30-61-50)59-49(55)37-19-23-39(24-20-37)57-45(52)28-16-35-13-9-33(6-4-2)10-14-35/h7-14,25-26,36-39H,3-6,15-24,27-31H2,1-2H3. The van der Waals surface area contributed by atoms with Gasteiger partial charge < -0.3 is 18.9 Å². The van der Waals surface area contributed by atoms with Crippen molar-refractivity contribution in [3.8, 4) is 11.5 Å². The molecule has 11 heteroatoms. The summed E-state index contributed by atoms with van der Waals surface area (Å²) in [5.74, 6) is 0.109. The van der Waals surface area contributed by atoms with Crippen LogP contribution in [0, 0.1) is 11.8 Å². The minimum absolute atomic E-state index is 0.181. The van der Waals surface area contributed by atoms with E-state index in [0.29, 0.717) is 100 Å². The van der Waals surface area contributed by atoms with Crippen LogP contribution in [0.2, 0.25) is 0 Å². The molecule has 0 aromatic heterocycles.